The summed E-state index contributed by atoms with van der Waals surface area (Å²) in [6.45, 7) is 4.26. The van der Waals surface area contributed by atoms with Crippen LogP contribution >= 0.6 is 15.9 Å². The zero-order valence-electron chi connectivity index (χ0n) is 12.7. The first kappa shape index (κ1) is 15.5. The Bertz CT molecular complexity index is 876. The molecule has 0 saturated carbocycles. The molecule has 0 spiro atoms. The fraction of sp³-hybridized carbons (Fsp3) is 0.188. The third-order valence-corrected chi connectivity index (χ3v) is 3.68. The number of hydrogen-bond donors (Lipinski definition) is 1. The number of amides is 1. The third kappa shape index (κ3) is 3.34. The molecule has 0 aliphatic heterocycles. The van der Waals surface area contributed by atoms with Crippen molar-refractivity contribution in [1.82, 2.24) is 14.4 Å². The van der Waals surface area contributed by atoms with E-state index in [4.69, 9.17) is 4.74 Å². The van der Waals surface area contributed by atoms with Gasteiger partial charge in [0.2, 0.25) is 0 Å². The van der Waals surface area contributed by atoms with Gasteiger partial charge in [0.05, 0.1) is 30.3 Å². The smallest absolute Gasteiger partial charge is 0.260 e. The Hall–Kier alpha value is -2.41. The Kier molecular flexibility index (Phi) is 4.29. The number of nitrogens with zero attached hydrogens (tertiary/aromatic N) is 3. The van der Waals surface area contributed by atoms with Crippen LogP contribution in [-0.4, -0.2) is 26.9 Å². The first-order valence-corrected chi connectivity index (χ1v) is 7.91. The normalized spacial score (nSPS) is 10.7. The van der Waals surface area contributed by atoms with E-state index in [9.17, 15) is 4.79 Å². The standard InChI is InChI=1S/C16H15BrN4O2/c1-3-23-13-6-11(17)4-5-12(13)16(22)20-14-9-21-8-10(2)19-15(21)7-18-14/h4-9H,3H2,1-2H3,(H,20,22). The maximum Gasteiger partial charge on any atom is 0.260 e. The van der Waals surface area contributed by atoms with Gasteiger partial charge in [-0.2, -0.15) is 0 Å². The summed E-state index contributed by atoms with van der Waals surface area (Å²) in [6, 6.07) is 5.28. The number of carbonyl (C=O) groups is 1. The molecular formula is C16H15BrN4O2. The minimum absolute atomic E-state index is 0.273. The minimum atomic E-state index is -0.273. The molecule has 1 amide bonds. The summed E-state index contributed by atoms with van der Waals surface area (Å²) in [5, 5.41) is 2.78. The molecule has 0 atom stereocenters. The number of halogens is 1. The molecule has 6 nitrogen and oxygen atoms in total. The molecule has 118 valence electrons. The first-order chi connectivity index (χ1) is 11.1. The van der Waals surface area contributed by atoms with Gasteiger partial charge in [-0.1, -0.05) is 15.9 Å². The number of carbonyl (C=O) groups excluding carboxylic acids is 1. The fourth-order valence-electron chi connectivity index (χ4n) is 2.23. The SMILES string of the molecule is CCOc1cc(Br)ccc1C(=O)Nc1cn2cc(C)nc2cn1. The Morgan fingerprint density at radius 2 is 2.22 bits per heavy atom. The van der Waals surface area contributed by atoms with Crippen LogP contribution in [0.25, 0.3) is 5.65 Å². The molecular weight excluding hydrogens is 360 g/mol. The van der Waals surface area contributed by atoms with Crippen LogP contribution in [0.15, 0.2) is 41.3 Å². The predicted molar refractivity (Wildman–Crippen MR) is 91.0 cm³/mol. The summed E-state index contributed by atoms with van der Waals surface area (Å²) in [4.78, 5) is 21.0. The largest absolute Gasteiger partial charge is 0.493 e. The molecule has 3 rings (SSSR count). The highest BCUT2D eigenvalue weighted by Gasteiger charge is 2.14. The number of anilines is 1. The van der Waals surface area contributed by atoms with Gasteiger partial charge in [0.15, 0.2) is 5.65 Å². The maximum absolute atomic E-state index is 12.5. The van der Waals surface area contributed by atoms with Crippen molar-refractivity contribution in [2.24, 2.45) is 0 Å². The molecule has 0 unspecified atom stereocenters. The van der Waals surface area contributed by atoms with E-state index in [1.54, 1.807) is 30.6 Å². The van der Waals surface area contributed by atoms with Gasteiger partial charge in [0.25, 0.3) is 5.91 Å². The lowest BCUT2D eigenvalue weighted by atomic mass is 10.2. The van der Waals surface area contributed by atoms with E-state index in [2.05, 4.69) is 31.2 Å². The first-order valence-electron chi connectivity index (χ1n) is 7.12. The van der Waals surface area contributed by atoms with Crippen molar-refractivity contribution in [1.29, 1.82) is 0 Å². The van der Waals surface area contributed by atoms with Gasteiger partial charge in [-0.15, -0.1) is 0 Å². The maximum atomic E-state index is 12.5. The second kappa shape index (κ2) is 6.37. The van der Waals surface area contributed by atoms with Crippen LogP contribution in [0.5, 0.6) is 5.75 Å². The van der Waals surface area contributed by atoms with Gasteiger partial charge in [-0.05, 0) is 32.0 Å². The number of fused-ring (bicyclic) bond motifs is 1. The molecule has 0 aliphatic rings. The highest BCUT2D eigenvalue weighted by molar-refractivity contribution is 9.10. The van der Waals surface area contributed by atoms with Crippen LogP contribution in [0.3, 0.4) is 0 Å². The lowest BCUT2D eigenvalue weighted by Gasteiger charge is -2.11. The summed E-state index contributed by atoms with van der Waals surface area (Å²) in [5.41, 5.74) is 2.08. The van der Waals surface area contributed by atoms with E-state index in [1.807, 2.05) is 24.4 Å². The number of imidazole rings is 1. The zero-order chi connectivity index (χ0) is 16.4. The molecule has 2 heterocycles. The van der Waals surface area contributed by atoms with Gasteiger partial charge >= 0.3 is 0 Å². The lowest BCUT2D eigenvalue weighted by Crippen LogP contribution is -2.15. The third-order valence-electron chi connectivity index (χ3n) is 3.19. The zero-order valence-corrected chi connectivity index (χ0v) is 14.3. The summed E-state index contributed by atoms with van der Waals surface area (Å²) >= 11 is 3.38. The average molecular weight is 375 g/mol. The van der Waals surface area contributed by atoms with E-state index < -0.39 is 0 Å². The number of hydrogen-bond acceptors (Lipinski definition) is 4. The van der Waals surface area contributed by atoms with E-state index in [0.717, 1.165) is 15.8 Å². The van der Waals surface area contributed by atoms with Crippen LogP contribution in [0.4, 0.5) is 5.82 Å². The van der Waals surface area contributed by atoms with Crippen LogP contribution in [-0.2, 0) is 0 Å². The second-order valence-corrected chi connectivity index (χ2v) is 5.86. The molecule has 7 heteroatoms. The Morgan fingerprint density at radius 3 is 3.00 bits per heavy atom. The van der Waals surface area contributed by atoms with Crippen molar-refractivity contribution in [2.45, 2.75) is 13.8 Å². The molecule has 1 N–H and O–H groups in total. The predicted octanol–water partition coefficient (Wildman–Crippen LogP) is 3.45. The van der Waals surface area contributed by atoms with E-state index in [0.29, 0.717) is 23.7 Å². The van der Waals surface area contributed by atoms with Crippen molar-refractivity contribution in [3.8, 4) is 5.75 Å². The van der Waals surface area contributed by atoms with Crippen molar-refractivity contribution >= 4 is 33.3 Å². The highest BCUT2D eigenvalue weighted by atomic mass is 79.9. The molecule has 0 aliphatic carbocycles. The quantitative estimate of drug-likeness (QED) is 0.759. The number of nitrogens with one attached hydrogen (secondary N) is 1. The van der Waals surface area contributed by atoms with Gasteiger partial charge < -0.3 is 14.5 Å². The Morgan fingerprint density at radius 1 is 1.39 bits per heavy atom. The number of ether oxygens (including phenoxy) is 1. The number of benzene rings is 1. The van der Waals surface area contributed by atoms with E-state index >= 15 is 0 Å². The van der Waals surface area contributed by atoms with Crippen LogP contribution in [0, 0.1) is 6.92 Å². The van der Waals surface area contributed by atoms with Gasteiger partial charge in [0, 0.05) is 10.7 Å². The Balaban J connectivity index is 1.88. The molecule has 0 saturated heterocycles. The lowest BCUT2D eigenvalue weighted by molar-refractivity contribution is 0.102. The number of aromatic nitrogens is 3. The molecule has 2 aromatic heterocycles. The van der Waals surface area contributed by atoms with Crippen LogP contribution < -0.4 is 10.1 Å². The highest BCUT2D eigenvalue weighted by Crippen LogP contribution is 2.24. The van der Waals surface area contributed by atoms with Crippen molar-refractivity contribution in [3.63, 3.8) is 0 Å². The van der Waals surface area contributed by atoms with Crippen molar-refractivity contribution in [2.75, 3.05) is 11.9 Å². The molecule has 3 aromatic rings. The average Bonchev–Trinajstić information content (AvgIpc) is 2.87. The summed E-state index contributed by atoms with van der Waals surface area (Å²) in [6.07, 6.45) is 5.22. The number of aryl methyl sites for hydroxylation is 1. The van der Waals surface area contributed by atoms with Gasteiger partial charge in [0.1, 0.15) is 11.6 Å². The Labute approximate surface area is 141 Å². The summed E-state index contributed by atoms with van der Waals surface area (Å²) < 4.78 is 8.20. The minimum Gasteiger partial charge on any atom is -0.493 e. The van der Waals surface area contributed by atoms with Gasteiger partial charge in [-0.3, -0.25) is 4.79 Å². The summed E-state index contributed by atoms with van der Waals surface area (Å²) in [5.74, 6) is 0.703. The molecule has 0 radical (unpaired) electrons. The van der Waals surface area contributed by atoms with Crippen molar-refractivity contribution in [3.05, 3.63) is 52.5 Å². The topological polar surface area (TPSA) is 68.5 Å². The molecule has 23 heavy (non-hydrogen) atoms. The molecule has 0 bridgehead atoms. The van der Waals surface area contributed by atoms with Crippen LogP contribution in [0.2, 0.25) is 0 Å². The van der Waals surface area contributed by atoms with Crippen molar-refractivity contribution < 1.29 is 9.53 Å². The van der Waals surface area contributed by atoms with Gasteiger partial charge in [-0.25, -0.2) is 9.97 Å². The van der Waals surface area contributed by atoms with Crippen LogP contribution in [0.1, 0.15) is 23.0 Å². The van der Waals surface area contributed by atoms with E-state index in [1.165, 1.54) is 0 Å². The second-order valence-electron chi connectivity index (χ2n) is 4.95. The summed E-state index contributed by atoms with van der Waals surface area (Å²) in [7, 11) is 0. The van der Waals surface area contributed by atoms with E-state index in [-0.39, 0.29) is 5.91 Å². The molecule has 1 aromatic carbocycles. The number of rotatable bonds is 4. The fourth-order valence-corrected chi connectivity index (χ4v) is 2.57. The monoisotopic (exact) mass is 374 g/mol. The molecule has 0 fully saturated rings.